The van der Waals surface area contributed by atoms with Crippen LogP contribution in [0, 0.1) is 6.92 Å². The Labute approximate surface area is 151 Å². The normalized spacial score (nSPS) is 10.8. The Hall–Kier alpha value is -2.04. The average molecular weight is 356 g/mol. The summed E-state index contributed by atoms with van der Waals surface area (Å²) in [4.78, 5) is 0. The topological polar surface area (TPSA) is 30.7 Å². The molecular weight excluding hydrogens is 338 g/mol. The van der Waals surface area contributed by atoms with Gasteiger partial charge in [0.25, 0.3) is 0 Å². The number of allylic oxidation sites excluding steroid dienone is 1. The lowest BCUT2D eigenvalue weighted by molar-refractivity contribution is 0.731. The van der Waals surface area contributed by atoms with Crippen LogP contribution in [0.3, 0.4) is 0 Å². The zero-order chi connectivity index (χ0) is 16.9. The highest BCUT2D eigenvalue weighted by atomic mass is 35.5. The first kappa shape index (κ1) is 16.8. The van der Waals surface area contributed by atoms with E-state index in [4.69, 9.17) is 11.6 Å². The van der Waals surface area contributed by atoms with Crippen LogP contribution in [0.4, 0.5) is 0 Å². The number of hydrogen-bond donors (Lipinski definition) is 0. The van der Waals surface area contributed by atoms with Crippen molar-refractivity contribution in [2.75, 3.05) is 0 Å². The quantitative estimate of drug-likeness (QED) is 0.439. The molecule has 0 saturated heterocycles. The van der Waals surface area contributed by atoms with E-state index >= 15 is 0 Å². The van der Waals surface area contributed by atoms with Gasteiger partial charge in [-0.15, -0.1) is 16.8 Å². The molecule has 3 aromatic rings. The molecule has 0 amide bonds. The summed E-state index contributed by atoms with van der Waals surface area (Å²) in [5.74, 6) is 1.69. The van der Waals surface area contributed by atoms with Crippen LogP contribution in [0.1, 0.15) is 11.1 Å². The Balaban J connectivity index is 1.84. The SMILES string of the molecule is C=CCn1c(SCc2ccc(C)cc2)nnc1-c1ccc(Cl)cc1. The van der Waals surface area contributed by atoms with E-state index in [1.807, 2.05) is 30.3 Å². The van der Waals surface area contributed by atoms with Crippen LogP contribution in [-0.2, 0) is 12.3 Å². The fourth-order valence-corrected chi connectivity index (χ4v) is 3.36. The highest BCUT2D eigenvalue weighted by Gasteiger charge is 2.13. The molecule has 0 saturated carbocycles. The molecule has 0 spiro atoms. The molecule has 0 atom stereocenters. The summed E-state index contributed by atoms with van der Waals surface area (Å²) >= 11 is 7.65. The highest BCUT2D eigenvalue weighted by molar-refractivity contribution is 7.98. The number of halogens is 1. The molecule has 3 rings (SSSR count). The van der Waals surface area contributed by atoms with Crippen LogP contribution in [0.15, 0.2) is 66.3 Å². The number of nitrogens with zero attached hydrogens (tertiary/aromatic N) is 3. The summed E-state index contributed by atoms with van der Waals surface area (Å²) in [5.41, 5.74) is 3.53. The van der Waals surface area contributed by atoms with Gasteiger partial charge in [0.1, 0.15) is 0 Å². The molecule has 0 radical (unpaired) electrons. The molecule has 0 fully saturated rings. The molecule has 24 heavy (non-hydrogen) atoms. The van der Waals surface area contributed by atoms with Crippen LogP contribution in [0.2, 0.25) is 5.02 Å². The fraction of sp³-hybridized carbons (Fsp3) is 0.158. The Morgan fingerprint density at radius 2 is 1.79 bits per heavy atom. The second kappa shape index (κ2) is 7.69. The number of thioether (sulfide) groups is 1. The number of aromatic nitrogens is 3. The van der Waals surface area contributed by atoms with Crippen molar-refractivity contribution in [1.29, 1.82) is 0 Å². The van der Waals surface area contributed by atoms with Gasteiger partial charge in [0, 0.05) is 22.9 Å². The monoisotopic (exact) mass is 355 g/mol. The maximum atomic E-state index is 5.97. The van der Waals surface area contributed by atoms with Gasteiger partial charge >= 0.3 is 0 Å². The number of benzene rings is 2. The molecule has 1 heterocycles. The van der Waals surface area contributed by atoms with Crippen LogP contribution in [-0.4, -0.2) is 14.8 Å². The smallest absolute Gasteiger partial charge is 0.192 e. The van der Waals surface area contributed by atoms with Gasteiger partial charge in [-0.2, -0.15) is 0 Å². The predicted molar refractivity (Wildman–Crippen MR) is 101 cm³/mol. The zero-order valence-electron chi connectivity index (χ0n) is 13.4. The predicted octanol–water partition coefficient (Wildman–Crippen LogP) is 5.39. The average Bonchev–Trinajstić information content (AvgIpc) is 2.98. The summed E-state index contributed by atoms with van der Waals surface area (Å²) in [5, 5.41) is 10.3. The van der Waals surface area contributed by atoms with Gasteiger partial charge in [-0.1, -0.05) is 59.3 Å². The summed E-state index contributed by atoms with van der Waals surface area (Å²) < 4.78 is 2.08. The van der Waals surface area contributed by atoms with Crippen molar-refractivity contribution in [3.05, 3.63) is 77.3 Å². The molecule has 0 aliphatic heterocycles. The van der Waals surface area contributed by atoms with Crippen molar-refractivity contribution in [2.45, 2.75) is 24.4 Å². The minimum atomic E-state index is 0.668. The minimum absolute atomic E-state index is 0.668. The van der Waals surface area contributed by atoms with Gasteiger partial charge in [0.15, 0.2) is 11.0 Å². The van der Waals surface area contributed by atoms with Crippen molar-refractivity contribution in [2.24, 2.45) is 0 Å². The lowest BCUT2D eigenvalue weighted by Crippen LogP contribution is -2.00. The van der Waals surface area contributed by atoms with E-state index in [0.717, 1.165) is 22.3 Å². The van der Waals surface area contributed by atoms with Crippen molar-refractivity contribution in [1.82, 2.24) is 14.8 Å². The molecular formula is C19H18ClN3S. The van der Waals surface area contributed by atoms with Gasteiger partial charge in [-0.25, -0.2) is 0 Å². The first-order valence-electron chi connectivity index (χ1n) is 7.66. The molecule has 0 bridgehead atoms. The van der Waals surface area contributed by atoms with Crippen molar-refractivity contribution >= 4 is 23.4 Å². The van der Waals surface area contributed by atoms with E-state index in [0.29, 0.717) is 11.6 Å². The standard InChI is InChI=1S/C19H18ClN3S/c1-3-12-23-18(16-8-10-17(20)11-9-16)21-22-19(23)24-13-15-6-4-14(2)5-7-15/h3-11H,1,12-13H2,2H3. The first-order chi connectivity index (χ1) is 11.7. The molecule has 2 aromatic carbocycles. The van der Waals surface area contributed by atoms with E-state index in [-0.39, 0.29) is 0 Å². The maximum absolute atomic E-state index is 5.97. The molecule has 0 unspecified atom stereocenters. The maximum Gasteiger partial charge on any atom is 0.192 e. The second-order valence-corrected chi connectivity index (χ2v) is 6.87. The second-order valence-electron chi connectivity index (χ2n) is 5.49. The Morgan fingerprint density at radius 1 is 1.08 bits per heavy atom. The number of hydrogen-bond acceptors (Lipinski definition) is 3. The minimum Gasteiger partial charge on any atom is -0.298 e. The third kappa shape index (κ3) is 3.89. The van der Waals surface area contributed by atoms with Crippen molar-refractivity contribution < 1.29 is 0 Å². The van der Waals surface area contributed by atoms with Crippen LogP contribution in [0.25, 0.3) is 11.4 Å². The Bertz CT molecular complexity index is 823. The van der Waals surface area contributed by atoms with Gasteiger partial charge < -0.3 is 0 Å². The van der Waals surface area contributed by atoms with E-state index in [1.165, 1.54) is 11.1 Å². The van der Waals surface area contributed by atoms with Gasteiger partial charge in [0.2, 0.25) is 0 Å². The van der Waals surface area contributed by atoms with Gasteiger partial charge in [-0.3, -0.25) is 4.57 Å². The molecule has 5 heteroatoms. The summed E-state index contributed by atoms with van der Waals surface area (Å²) in [6, 6.07) is 16.2. The molecule has 3 nitrogen and oxygen atoms in total. The van der Waals surface area contributed by atoms with E-state index < -0.39 is 0 Å². The summed E-state index contributed by atoms with van der Waals surface area (Å²) in [6.45, 7) is 6.61. The zero-order valence-corrected chi connectivity index (χ0v) is 15.0. The van der Waals surface area contributed by atoms with Crippen LogP contribution < -0.4 is 0 Å². The van der Waals surface area contributed by atoms with E-state index in [2.05, 4.69) is 52.5 Å². The third-order valence-corrected chi connectivity index (χ3v) is 4.91. The van der Waals surface area contributed by atoms with Gasteiger partial charge in [0.05, 0.1) is 0 Å². The van der Waals surface area contributed by atoms with E-state index in [1.54, 1.807) is 11.8 Å². The molecule has 122 valence electrons. The molecule has 0 N–H and O–H groups in total. The lowest BCUT2D eigenvalue weighted by atomic mass is 10.2. The van der Waals surface area contributed by atoms with Crippen LogP contribution in [0.5, 0.6) is 0 Å². The Morgan fingerprint density at radius 3 is 2.46 bits per heavy atom. The molecule has 0 aliphatic rings. The fourth-order valence-electron chi connectivity index (χ4n) is 2.33. The molecule has 0 aliphatic carbocycles. The van der Waals surface area contributed by atoms with E-state index in [9.17, 15) is 0 Å². The Kier molecular flexibility index (Phi) is 5.38. The number of aryl methyl sites for hydroxylation is 1. The first-order valence-corrected chi connectivity index (χ1v) is 9.02. The summed E-state index contributed by atoms with van der Waals surface area (Å²) in [7, 11) is 0. The highest BCUT2D eigenvalue weighted by Crippen LogP contribution is 2.27. The number of rotatable bonds is 6. The largest absolute Gasteiger partial charge is 0.298 e. The van der Waals surface area contributed by atoms with Crippen molar-refractivity contribution in [3.8, 4) is 11.4 Å². The van der Waals surface area contributed by atoms with Crippen molar-refractivity contribution in [3.63, 3.8) is 0 Å². The van der Waals surface area contributed by atoms with Gasteiger partial charge in [-0.05, 0) is 36.8 Å². The van der Waals surface area contributed by atoms with Crippen LogP contribution >= 0.6 is 23.4 Å². The summed E-state index contributed by atoms with van der Waals surface area (Å²) in [6.07, 6.45) is 1.86. The third-order valence-electron chi connectivity index (χ3n) is 3.62. The molecule has 1 aromatic heterocycles. The lowest BCUT2D eigenvalue weighted by Gasteiger charge is -2.08.